The van der Waals surface area contributed by atoms with Crippen LogP contribution in [-0.2, 0) is 6.42 Å². The lowest BCUT2D eigenvalue weighted by Crippen LogP contribution is -2.30. The second-order valence-corrected chi connectivity index (χ2v) is 4.68. The van der Waals surface area contributed by atoms with Gasteiger partial charge in [-0.2, -0.15) is 0 Å². The van der Waals surface area contributed by atoms with E-state index in [9.17, 15) is 0 Å². The average molecular weight is 226 g/mol. The van der Waals surface area contributed by atoms with Crippen LogP contribution in [0, 0.1) is 5.92 Å². The number of aromatic nitrogens is 2. The molecule has 1 aliphatic carbocycles. The first-order valence-electron chi connectivity index (χ1n) is 5.46. The highest BCUT2D eigenvalue weighted by atomic mass is 35.5. The summed E-state index contributed by atoms with van der Waals surface area (Å²) in [5, 5.41) is 3.73. The molecular formula is C11H16ClN3. The van der Waals surface area contributed by atoms with Crippen molar-refractivity contribution in [3.8, 4) is 0 Å². The molecule has 1 aliphatic rings. The molecule has 0 aliphatic heterocycles. The zero-order valence-corrected chi connectivity index (χ0v) is 9.67. The number of hydrogen-bond acceptors (Lipinski definition) is 3. The third-order valence-corrected chi connectivity index (χ3v) is 3.19. The third-order valence-electron chi connectivity index (χ3n) is 2.84. The minimum atomic E-state index is 0.397. The highest BCUT2D eigenvalue weighted by molar-refractivity contribution is 6.21. The monoisotopic (exact) mass is 225 g/mol. The summed E-state index contributed by atoms with van der Waals surface area (Å²) in [5.41, 5.74) is 1.08. The minimum absolute atomic E-state index is 0.397. The highest BCUT2D eigenvalue weighted by Crippen LogP contribution is 2.31. The van der Waals surface area contributed by atoms with Crippen molar-refractivity contribution < 1.29 is 0 Å². The fourth-order valence-electron chi connectivity index (χ4n) is 1.76. The third kappa shape index (κ3) is 2.81. The number of anilines is 1. The summed E-state index contributed by atoms with van der Waals surface area (Å²) in [6.45, 7) is 3.07. The molecule has 2 rings (SSSR count). The van der Waals surface area contributed by atoms with Crippen LogP contribution in [0.1, 0.15) is 25.5 Å². The molecule has 0 atom stereocenters. The molecule has 3 nitrogen and oxygen atoms in total. The molecular weight excluding hydrogens is 210 g/mol. The predicted molar refractivity (Wildman–Crippen MR) is 62.3 cm³/mol. The summed E-state index contributed by atoms with van der Waals surface area (Å²) in [6.07, 6.45) is 4.82. The Bertz CT molecular complexity index is 323. The van der Waals surface area contributed by atoms with Crippen LogP contribution >= 0.6 is 11.6 Å². The van der Waals surface area contributed by atoms with E-state index in [1.165, 1.54) is 0 Å². The topological polar surface area (TPSA) is 37.8 Å². The van der Waals surface area contributed by atoms with Crippen molar-refractivity contribution in [2.24, 2.45) is 5.92 Å². The van der Waals surface area contributed by atoms with Gasteiger partial charge in [-0.15, -0.1) is 11.6 Å². The van der Waals surface area contributed by atoms with E-state index in [2.05, 4.69) is 22.2 Å². The maximum Gasteiger partial charge on any atom is 0.129 e. The Balaban J connectivity index is 1.82. The molecule has 1 aromatic rings. The first-order valence-corrected chi connectivity index (χ1v) is 5.90. The molecule has 4 heteroatoms. The Hall–Kier alpha value is -0.830. The number of hydrogen-bond donors (Lipinski definition) is 1. The van der Waals surface area contributed by atoms with Crippen LogP contribution in [0.25, 0.3) is 0 Å². The van der Waals surface area contributed by atoms with E-state index in [-0.39, 0.29) is 0 Å². The van der Waals surface area contributed by atoms with Crippen LogP contribution in [0.15, 0.2) is 12.4 Å². The second-order valence-electron chi connectivity index (χ2n) is 4.06. The van der Waals surface area contributed by atoms with Gasteiger partial charge in [0, 0.05) is 23.7 Å². The predicted octanol–water partition coefficient (Wildman–Crippen LogP) is 2.47. The van der Waals surface area contributed by atoms with Crippen molar-refractivity contribution in [1.29, 1.82) is 0 Å². The lowest BCUT2D eigenvalue weighted by Gasteiger charge is -2.30. The van der Waals surface area contributed by atoms with Gasteiger partial charge in [-0.3, -0.25) is 0 Å². The Morgan fingerprint density at radius 3 is 2.93 bits per heavy atom. The Kier molecular flexibility index (Phi) is 3.41. The van der Waals surface area contributed by atoms with Crippen LogP contribution in [0.2, 0.25) is 0 Å². The summed E-state index contributed by atoms with van der Waals surface area (Å²) in [7, 11) is 0. The number of aryl methyl sites for hydroxylation is 1. The van der Waals surface area contributed by atoms with Gasteiger partial charge in [-0.05, 0) is 25.2 Å². The molecule has 0 amide bonds. The van der Waals surface area contributed by atoms with Crippen molar-refractivity contribution in [3.63, 3.8) is 0 Å². The summed E-state index contributed by atoms with van der Waals surface area (Å²) in [4.78, 5) is 8.34. The zero-order chi connectivity index (χ0) is 10.7. The Morgan fingerprint density at radius 1 is 1.47 bits per heavy atom. The van der Waals surface area contributed by atoms with Gasteiger partial charge >= 0.3 is 0 Å². The number of nitrogens with zero attached hydrogens (tertiary/aromatic N) is 2. The summed E-state index contributed by atoms with van der Waals surface area (Å²) < 4.78 is 0. The minimum Gasteiger partial charge on any atom is -0.370 e. The molecule has 15 heavy (non-hydrogen) atoms. The molecule has 1 heterocycles. The van der Waals surface area contributed by atoms with Crippen molar-refractivity contribution in [1.82, 2.24) is 9.97 Å². The summed E-state index contributed by atoms with van der Waals surface area (Å²) in [6, 6.07) is 2.01. The number of halogens is 1. The molecule has 0 unspecified atom stereocenters. The van der Waals surface area contributed by atoms with Crippen molar-refractivity contribution in [2.45, 2.75) is 31.6 Å². The van der Waals surface area contributed by atoms with Gasteiger partial charge in [0.25, 0.3) is 0 Å². The molecule has 82 valence electrons. The van der Waals surface area contributed by atoms with Gasteiger partial charge in [0.15, 0.2) is 0 Å². The molecule has 0 saturated heterocycles. The number of alkyl halides is 1. The highest BCUT2D eigenvalue weighted by Gasteiger charge is 2.26. The van der Waals surface area contributed by atoms with Gasteiger partial charge in [0.1, 0.15) is 12.1 Å². The second kappa shape index (κ2) is 4.79. The fourth-order valence-corrected chi connectivity index (χ4v) is 2.26. The van der Waals surface area contributed by atoms with Gasteiger partial charge in [0.05, 0.1) is 0 Å². The molecule has 0 bridgehead atoms. The molecule has 1 N–H and O–H groups in total. The van der Waals surface area contributed by atoms with E-state index in [4.69, 9.17) is 11.6 Å². The first kappa shape index (κ1) is 10.7. The van der Waals surface area contributed by atoms with Gasteiger partial charge in [-0.25, -0.2) is 9.97 Å². The van der Waals surface area contributed by atoms with E-state index < -0.39 is 0 Å². The first-order chi connectivity index (χ1) is 7.28. The van der Waals surface area contributed by atoms with Crippen LogP contribution in [0.5, 0.6) is 0 Å². The lowest BCUT2D eigenvalue weighted by atomic mass is 9.85. The molecule has 1 saturated carbocycles. The SMILES string of the molecule is CCc1cc(NCC2CC(Cl)C2)ncn1. The Labute approximate surface area is 95.3 Å². The molecule has 0 radical (unpaired) electrons. The van der Waals surface area contributed by atoms with Crippen molar-refractivity contribution in [3.05, 3.63) is 18.1 Å². The largest absolute Gasteiger partial charge is 0.370 e. The maximum absolute atomic E-state index is 5.92. The average Bonchev–Trinajstić information content (AvgIpc) is 2.23. The lowest BCUT2D eigenvalue weighted by molar-refractivity contribution is 0.341. The smallest absolute Gasteiger partial charge is 0.129 e. The number of nitrogens with one attached hydrogen (secondary N) is 1. The van der Waals surface area contributed by atoms with E-state index in [0.717, 1.165) is 37.3 Å². The Morgan fingerprint density at radius 2 is 2.27 bits per heavy atom. The fraction of sp³-hybridized carbons (Fsp3) is 0.636. The van der Waals surface area contributed by atoms with Crippen molar-refractivity contribution >= 4 is 17.4 Å². The van der Waals surface area contributed by atoms with E-state index >= 15 is 0 Å². The van der Waals surface area contributed by atoms with Crippen LogP contribution in [-0.4, -0.2) is 21.9 Å². The van der Waals surface area contributed by atoms with E-state index in [1.807, 2.05) is 6.07 Å². The molecule has 1 fully saturated rings. The molecule has 0 aromatic carbocycles. The quantitative estimate of drug-likeness (QED) is 0.800. The van der Waals surface area contributed by atoms with Crippen molar-refractivity contribution in [2.75, 3.05) is 11.9 Å². The van der Waals surface area contributed by atoms with Gasteiger partial charge in [-0.1, -0.05) is 6.92 Å². The summed E-state index contributed by atoms with van der Waals surface area (Å²) in [5.74, 6) is 1.65. The maximum atomic E-state index is 5.92. The normalized spacial score (nSPS) is 24.7. The van der Waals surface area contributed by atoms with Crippen LogP contribution < -0.4 is 5.32 Å². The number of rotatable bonds is 4. The standard InChI is InChI=1S/C11H16ClN3/c1-2-10-5-11(15-7-14-10)13-6-8-3-9(12)4-8/h5,7-9H,2-4,6H2,1H3,(H,13,14,15). The molecule has 0 spiro atoms. The van der Waals surface area contributed by atoms with E-state index in [0.29, 0.717) is 11.3 Å². The van der Waals surface area contributed by atoms with Gasteiger partial charge in [0.2, 0.25) is 0 Å². The van der Waals surface area contributed by atoms with E-state index in [1.54, 1.807) is 6.33 Å². The van der Waals surface area contributed by atoms with Gasteiger partial charge < -0.3 is 5.32 Å². The van der Waals surface area contributed by atoms with Crippen LogP contribution in [0.3, 0.4) is 0 Å². The summed E-state index contributed by atoms with van der Waals surface area (Å²) >= 11 is 5.92. The zero-order valence-electron chi connectivity index (χ0n) is 8.91. The van der Waals surface area contributed by atoms with Crippen LogP contribution in [0.4, 0.5) is 5.82 Å². The molecule has 1 aromatic heterocycles.